The normalized spacial score (nSPS) is 20.7. The Kier molecular flexibility index (Phi) is 6.98. The molecule has 31 heavy (non-hydrogen) atoms. The minimum Gasteiger partial charge on any atom is -0.476 e. The number of carbonyl (C=O) groups is 2. The molecule has 9 heteroatoms. The van der Waals surface area contributed by atoms with Gasteiger partial charge in [-0.1, -0.05) is 78.6 Å². The summed E-state index contributed by atoms with van der Waals surface area (Å²) in [7, 11) is 0. The molecule has 1 heterocycles. The van der Waals surface area contributed by atoms with Crippen molar-refractivity contribution in [1.29, 1.82) is 0 Å². The number of carboxylic acids is 1. The molecule has 2 atom stereocenters. The average Bonchev–Trinajstić information content (AvgIpc) is 3.44. The van der Waals surface area contributed by atoms with Crippen molar-refractivity contribution in [2.75, 3.05) is 0 Å². The molecule has 0 spiro atoms. The van der Waals surface area contributed by atoms with Crippen molar-refractivity contribution < 1.29 is 24.3 Å². The van der Waals surface area contributed by atoms with Gasteiger partial charge in [0.15, 0.2) is 6.10 Å². The smallest absolute Gasteiger partial charge is 0.360 e. The number of nitrogens with one attached hydrogen (secondary N) is 1. The van der Waals surface area contributed by atoms with E-state index in [2.05, 4.69) is 23.6 Å². The highest BCUT2D eigenvalue weighted by atomic mass is 32.2. The van der Waals surface area contributed by atoms with Gasteiger partial charge in [-0.05, 0) is 11.1 Å². The Balaban J connectivity index is 1.80. The van der Waals surface area contributed by atoms with E-state index in [-0.39, 0.29) is 11.4 Å². The Labute approximate surface area is 184 Å². The number of allylic oxidation sites excluding steroid dienone is 2. The average molecular weight is 442 g/mol. The van der Waals surface area contributed by atoms with E-state index in [4.69, 9.17) is 15.3 Å². The molecule has 1 aromatic carbocycles. The van der Waals surface area contributed by atoms with E-state index in [0.29, 0.717) is 18.4 Å². The van der Waals surface area contributed by atoms with Gasteiger partial charge in [0.1, 0.15) is 5.50 Å². The molecule has 162 valence electrons. The number of ether oxygens (including phenoxy) is 1. The molecule has 0 bridgehead atoms. The number of rotatable bonds is 10. The predicted octanol–water partition coefficient (Wildman–Crippen LogP) is 2.98. The molecule has 1 aromatic rings. The van der Waals surface area contributed by atoms with Crippen LogP contribution in [0.15, 0.2) is 83.6 Å². The van der Waals surface area contributed by atoms with Gasteiger partial charge >= 0.3 is 11.9 Å². The standard InChI is InChI=1S/C22H23N3O5S/c1-3-8-14(4-2)18(15-9-6-5-7-10-15)29-20(28)22(11-12-22)30-25-17(19(26)27)16-13-31-21(23)24-16/h3-10,13,18,21,24H,1-2,11-12,23H2,(H,26,27)/b14-8+,25-17-. The molecule has 3 rings (SSSR count). The molecule has 2 unspecified atom stereocenters. The SMILES string of the molecule is C=C/C=C(\C=C)C(OC(=O)C1(O/N=C(\C(=O)O)C2=CSC(N)N2)CC1)c1ccccc1. The van der Waals surface area contributed by atoms with Crippen molar-refractivity contribution in [3.05, 3.63) is 84.0 Å². The zero-order valence-corrected chi connectivity index (χ0v) is 17.5. The van der Waals surface area contributed by atoms with E-state index in [1.807, 2.05) is 30.3 Å². The van der Waals surface area contributed by atoms with Crippen LogP contribution in [-0.4, -0.2) is 33.9 Å². The molecule has 2 aliphatic rings. The number of carbonyl (C=O) groups excluding carboxylic acids is 1. The van der Waals surface area contributed by atoms with Crippen molar-refractivity contribution in [3.8, 4) is 0 Å². The molecule has 1 saturated carbocycles. The van der Waals surface area contributed by atoms with Gasteiger partial charge in [-0.15, -0.1) is 0 Å². The number of hydrogen-bond donors (Lipinski definition) is 3. The van der Waals surface area contributed by atoms with Gasteiger partial charge in [-0.2, -0.15) is 0 Å². The molecule has 1 aliphatic carbocycles. The maximum Gasteiger partial charge on any atom is 0.360 e. The third-order valence-electron chi connectivity index (χ3n) is 4.65. The van der Waals surface area contributed by atoms with Crippen LogP contribution >= 0.6 is 11.8 Å². The third-order valence-corrected chi connectivity index (χ3v) is 5.43. The molecule has 0 amide bonds. The van der Waals surface area contributed by atoms with E-state index in [1.165, 1.54) is 11.8 Å². The minimum atomic E-state index is -1.33. The first-order valence-corrected chi connectivity index (χ1v) is 10.4. The summed E-state index contributed by atoms with van der Waals surface area (Å²) in [6.07, 6.45) is 4.88. The molecule has 1 aliphatic heterocycles. The van der Waals surface area contributed by atoms with Crippen molar-refractivity contribution in [2.24, 2.45) is 10.9 Å². The number of carboxylic acid groups (broad SMARTS) is 1. The number of aliphatic carboxylic acids is 1. The summed E-state index contributed by atoms with van der Waals surface area (Å²) in [5, 5.41) is 17.5. The van der Waals surface area contributed by atoms with Gasteiger partial charge < -0.3 is 25.7 Å². The van der Waals surface area contributed by atoms with Crippen LogP contribution in [0.2, 0.25) is 0 Å². The summed E-state index contributed by atoms with van der Waals surface area (Å²) in [5.41, 5.74) is 5.15. The highest BCUT2D eigenvalue weighted by Gasteiger charge is 2.56. The highest BCUT2D eigenvalue weighted by molar-refractivity contribution is 8.02. The zero-order chi connectivity index (χ0) is 22.4. The van der Waals surface area contributed by atoms with Crippen LogP contribution in [0.25, 0.3) is 0 Å². The zero-order valence-electron chi connectivity index (χ0n) is 16.7. The second kappa shape index (κ2) is 9.67. The van der Waals surface area contributed by atoms with Gasteiger partial charge in [0.25, 0.3) is 0 Å². The van der Waals surface area contributed by atoms with Crippen molar-refractivity contribution in [1.82, 2.24) is 5.32 Å². The molecule has 0 aromatic heterocycles. The number of thioether (sulfide) groups is 1. The Morgan fingerprint density at radius 1 is 1.32 bits per heavy atom. The minimum absolute atomic E-state index is 0.221. The van der Waals surface area contributed by atoms with Crippen molar-refractivity contribution in [2.45, 2.75) is 30.0 Å². The second-order valence-electron chi connectivity index (χ2n) is 6.87. The fourth-order valence-electron chi connectivity index (χ4n) is 2.84. The number of oxime groups is 1. The van der Waals surface area contributed by atoms with Crippen LogP contribution in [-0.2, 0) is 19.2 Å². The number of benzene rings is 1. The molecule has 1 fully saturated rings. The molecule has 0 saturated heterocycles. The summed E-state index contributed by atoms with van der Waals surface area (Å²) < 4.78 is 5.78. The first-order valence-electron chi connectivity index (χ1n) is 9.49. The van der Waals surface area contributed by atoms with Crippen LogP contribution in [0.1, 0.15) is 24.5 Å². The fraction of sp³-hybridized carbons (Fsp3) is 0.227. The largest absolute Gasteiger partial charge is 0.476 e. The van der Waals surface area contributed by atoms with Crippen LogP contribution < -0.4 is 11.1 Å². The quantitative estimate of drug-likeness (QED) is 0.219. The van der Waals surface area contributed by atoms with Gasteiger partial charge in [0.2, 0.25) is 11.3 Å². The summed E-state index contributed by atoms with van der Waals surface area (Å²) in [6.45, 7) is 7.48. The highest BCUT2D eigenvalue weighted by Crippen LogP contribution is 2.43. The number of nitrogens with two attached hydrogens (primary N) is 1. The summed E-state index contributed by atoms with van der Waals surface area (Å²) in [6, 6.07) is 9.19. The summed E-state index contributed by atoms with van der Waals surface area (Å²) >= 11 is 1.21. The Bertz CT molecular complexity index is 967. The fourth-order valence-corrected chi connectivity index (χ4v) is 3.50. The van der Waals surface area contributed by atoms with Crippen molar-refractivity contribution in [3.63, 3.8) is 0 Å². The van der Waals surface area contributed by atoms with Crippen LogP contribution in [0.4, 0.5) is 0 Å². The Hall–Kier alpha value is -3.30. The molecular formula is C22H23N3O5S. The number of nitrogens with zero attached hydrogens (tertiary/aromatic N) is 1. The van der Waals surface area contributed by atoms with Gasteiger partial charge in [0, 0.05) is 18.2 Å². The Morgan fingerprint density at radius 3 is 2.55 bits per heavy atom. The van der Waals surface area contributed by atoms with E-state index in [9.17, 15) is 14.7 Å². The van der Waals surface area contributed by atoms with Crippen LogP contribution in [0, 0.1) is 0 Å². The van der Waals surface area contributed by atoms with E-state index < -0.39 is 29.1 Å². The second-order valence-corrected chi connectivity index (χ2v) is 7.88. The summed E-state index contributed by atoms with van der Waals surface area (Å²) in [5.74, 6) is -1.94. The van der Waals surface area contributed by atoms with E-state index in [1.54, 1.807) is 23.6 Å². The monoisotopic (exact) mass is 441 g/mol. The topological polar surface area (TPSA) is 123 Å². The van der Waals surface area contributed by atoms with E-state index in [0.717, 1.165) is 5.56 Å². The third kappa shape index (κ3) is 5.25. The van der Waals surface area contributed by atoms with Crippen LogP contribution in [0.3, 0.4) is 0 Å². The lowest BCUT2D eigenvalue weighted by Crippen LogP contribution is -2.35. The number of hydrogen-bond acceptors (Lipinski definition) is 8. The van der Waals surface area contributed by atoms with Gasteiger partial charge in [-0.3, -0.25) is 0 Å². The van der Waals surface area contributed by atoms with E-state index >= 15 is 0 Å². The molecule has 4 N–H and O–H groups in total. The lowest BCUT2D eigenvalue weighted by atomic mass is 10.0. The predicted molar refractivity (Wildman–Crippen MR) is 119 cm³/mol. The first kappa shape index (κ1) is 22.4. The Morgan fingerprint density at radius 2 is 2.03 bits per heavy atom. The first-order chi connectivity index (χ1) is 14.9. The van der Waals surface area contributed by atoms with Crippen LogP contribution in [0.5, 0.6) is 0 Å². The molecule has 0 radical (unpaired) electrons. The van der Waals surface area contributed by atoms with Gasteiger partial charge in [0.05, 0.1) is 5.70 Å². The maximum atomic E-state index is 13.0. The number of esters is 1. The van der Waals surface area contributed by atoms with Crippen molar-refractivity contribution >= 4 is 29.4 Å². The molecule has 8 nitrogen and oxygen atoms in total. The molecular weight excluding hydrogens is 418 g/mol. The maximum absolute atomic E-state index is 13.0. The van der Waals surface area contributed by atoms with Gasteiger partial charge in [-0.25, -0.2) is 9.59 Å². The summed E-state index contributed by atoms with van der Waals surface area (Å²) in [4.78, 5) is 30.0. The lowest BCUT2D eigenvalue weighted by molar-refractivity contribution is -0.164. The lowest BCUT2D eigenvalue weighted by Gasteiger charge is -2.22.